The fourth-order valence-electron chi connectivity index (χ4n) is 3.55. The van der Waals surface area contributed by atoms with E-state index in [1.165, 1.54) is 11.8 Å². The summed E-state index contributed by atoms with van der Waals surface area (Å²) in [6.07, 6.45) is 1.36. The molecule has 3 aromatic rings. The number of hydrogen-bond donors (Lipinski definition) is 1. The Morgan fingerprint density at radius 3 is 2.65 bits per heavy atom. The van der Waals surface area contributed by atoms with Gasteiger partial charge in [-0.15, -0.1) is 0 Å². The number of aromatic nitrogens is 2. The van der Waals surface area contributed by atoms with Crippen molar-refractivity contribution < 1.29 is 24.2 Å². The molecule has 0 bridgehead atoms. The van der Waals surface area contributed by atoms with E-state index in [4.69, 9.17) is 9.84 Å². The third-order valence-electron chi connectivity index (χ3n) is 5.11. The van der Waals surface area contributed by atoms with Crippen molar-refractivity contribution in [3.63, 3.8) is 0 Å². The Hall–Kier alpha value is -3.16. The molecule has 10 heteroatoms. The molecule has 1 unspecified atom stereocenters. The highest BCUT2D eigenvalue weighted by Gasteiger charge is 2.24. The number of carboxylic acids is 1. The molecule has 3 rings (SSSR count). The maximum absolute atomic E-state index is 12.7. The molecule has 0 saturated carbocycles. The number of fused-ring (bicyclic) bond motifs is 1. The number of ether oxygens (including phenoxy) is 1. The smallest absolute Gasteiger partial charge is 0.309 e. The van der Waals surface area contributed by atoms with Crippen LogP contribution in [-0.2, 0) is 19.1 Å². The summed E-state index contributed by atoms with van der Waals surface area (Å²) in [5, 5.41) is 20.6. The van der Waals surface area contributed by atoms with Crippen LogP contribution >= 0.6 is 27.7 Å². The molecule has 1 atom stereocenters. The standard InChI is InChI=1S/C24H22BrN3O5S/c1-2-33-23(32)15(8-10-22(30)31)11-17(29)14-34-24-27-13-21(25)28(24)20-9-7-16(12-26)18-5-3-4-6-19(18)20/h3-7,9,13,15H,2,8,10-11,14H2,1H3,(H,30,31). The number of aliphatic carboxylic acids is 1. The number of thioether (sulfide) groups is 1. The van der Waals surface area contributed by atoms with Crippen LogP contribution in [-0.4, -0.2) is 44.7 Å². The molecule has 0 aliphatic carbocycles. The second-order valence-corrected chi connectivity index (χ2v) is 9.16. The number of nitrogens with zero attached hydrogens (tertiary/aromatic N) is 3. The molecule has 1 heterocycles. The number of benzene rings is 2. The minimum Gasteiger partial charge on any atom is -0.481 e. The fraction of sp³-hybridized carbons (Fsp3) is 0.292. The first-order valence-electron chi connectivity index (χ1n) is 10.5. The number of Topliss-reactive ketones (excluding diaryl/α,β-unsaturated/α-hetero) is 1. The summed E-state index contributed by atoms with van der Waals surface area (Å²) in [6, 6.07) is 13.3. The van der Waals surface area contributed by atoms with Crippen molar-refractivity contribution in [3.8, 4) is 11.8 Å². The number of carbonyl (C=O) groups excluding carboxylic acids is 2. The number of rotatable bonds is 11. The molecule has 0 aliphatic rings. The molecule has 34 heavy (non-hydrogen) atoms. The van der Waals surface area contributed by atoms with Gasteiger partial charge >= 0.3 is 11.9 Å². The van der Waals surface area contributed by atoms with Gasteiger partial charge in [0.05, 0.1) is 41.8 Å². The van der Waals surface area contributed by atoms with Crippen molar-refractivity contribution in [2.45, 2.75) is 31.3 Å². The van der Waals surface area contributed by atoms with E-state index in [9.17, 15) is 19.6 Å². The molecule has 0 amide bonds. The summed E-state index contributed by atoms with van der Waals surface area (Å²) in [5.41, 5.74) is 1.37. The average Bonchev–Trinajstić information content (AvgIpc) is 3.19. The molecule has 176 valence electrons. The zero-order chi connectivity index (χ0) is 24.7. The first-order valence-corrected chi connectivity index (χ1v) is 12.3. The second-order valence-electron chi connectivity index (χ2n) is 7.40. The van der Waals surface area contributed by atoms with Gasteiger partial charge in [0.25, 0.3) is 0 Å². The zero-order valence-electron chi connectivity index (χ0n) is 18.4. The summed E-state index contributed by atoms with van der Waals surface area (Å²) in [5.74, 6) is -2.53. The first kappa shape index (κ1) is 25.5. The number of nitriles is 1. The van der Waals surface area contributed by atoms with Crippen molar-refractivity contribution in [1.82, 2.24) is 9.55 Å². The third-order valence-corrected chi connectivity index (χ3v) is 6.68. The fourth-order valence-corrected chi connectivity index (χ4v) is 4.99. The van der Waals surface area contributed by atoms with E-state index < -0.39 is 17.9 Å². The summed E-state index contributed by atoms with van der Waals surface area (Å²) < 4.78 is 7.54. The lowest BCUT2D eigenvalue weighted by molar-refractivity contribution is -0.150. The largest absolute Gasteiger partial charge is 0.481 e. The van der Waals surface area contributed by atoms with E-state index in [-0.39, 0.29) is 37.4 Å². The predicted molar refractivity (Wildman–Crippen MR) is 131 cm³/mol. The van der Waals surface area contributed by atoms with Crippen molar-refractivity contribution in [2.75, 3.05) is 12.4 Å². The van der Waals surface area contributed by atoms with Crippen molar-refractivity contribution >= 4 is 56.2 Å². The molecule has 0 spiro atoms. The highest BCUT2D eigenvalue weighted by molar-refractivity contribution is 9.10. The van der Waals surface area contributed by atoms with E-state index in [1.807, 2.05) is 34.9 Å². The van der Waals surface area contributed by atoms with Crippen LogP contribution in [0.1, 0.15) is 31.7 Å². The van der Waals surface area contributed by atoms with E-state index >= 15 is 0 Å². The molecule has 1 aromatic heterocycles. The van der Waals surface area contributed by atoms with Crippen LogP contribution < -0.4 is 0 Å². The van der Waals surface area contributed by atoms with Crippen LogP contribution in [0.4, 0.5) is 0 Å². The molecule has 0 aliphatic heterocycles. The maximum atomic E-state index is 12.7. The van der Waals surface area contributed by atoms with Crippen molar-refractivity contribution in [2.24, 2.45) is 5.92 Å². The maximum Gasteiger partial charge on any atom is 0.309 e. The number of carboxylic acid groups (broad SMARTS) is 1. The van der Waals surface area contributed by atoms with Gasteiger partial charge in [-0.3, -0.25) is 19.0 Å². The molecule has 0 saturated heterocycles. The Kier molecular flexibility index (Phi) is 8.85. The third kappa shape index (κ3) is 6.04. The Labute approximate surface area is 209 Å². The minimum atomic E-state index is -1.03. The first-order chi connectivity index (χ1) is 16.3. The summed E-state index contributed by atoms with van der Waals surface area (Å²) >= 11 is 4.73. The Bertz CT molecular complexity index is 1270. The number of esters is 1. The van der Waals surface area contributed by atoms with Crippen LogP contribution in [0.25, 0.3) is 16.5 Å². The van der Waals surface area contributed by atoms with Gasteiger partial charge in [0.2, 0.25) is 0 Å². The van der Waals surface area contributed by atoms with Crippen LogP contribution in [0.2, 0.25) is 0 Å². The van der Waals surface area contributed by atoms with Gasteiger partial charge in [-0.05, 0) is 41.4 Å². The lowest BCUT2D eigenvalue weighted by Crippen LogP contribution is -2.23. The summed E-state index contributed by atoms with van der Waals surface area (Å²) in [7, 11) is 0. The van der Waals surface area contributed by atoms with Gasteiger partial charge in [-0.25, -0.2) is 4.98 Å². The normalized spacial score (nSPS) is 11.7. The number of halogens is 1. The molecule has 2 aromatic carbocycles. The van der Waals surface area contributed by atoms with Gasteiger partial charge < -0.3 is 9.84 Å². The summed E-state index contributed by atoms with van der Waals surface area (Å²) in [6.45, 7) is 1.82. The van der Waals surface area contributed by atoms with E-state index in [2.05, 4.69) is 27.0 Å². The topological polar surface area (TPSA) is 122 Å². The van der Waals surface area contributed by atoms with Crippen LogP contribution in [0.15, 0.2) is 52.4 Å². The van der Waals surface area contributed by atoms with Gasteiger partial charge in [0.15, 0.2) is 5.16 Å². The minimum absolute atomic E-state index is 0.0436. The lowest BCUT2D eigenvalue weighted by atomic mass is 9.97. The van der Waals surface area contributed by atoms with Gasteiger partial charge in [-0.2, -0.15) is 5.26 Å². The van der Waals surface area contributed by atoms with Gasteiger partial charge in [0.1, 0.15) is 10.4 Å². The highest BCUT2D eigenvalue weighted by atomic mass is 79.9. The average molecular weight is 544 g/mol. The van der Waals surface area contributed by atoms with E-state index in [1.54, 1.807) is 19.2 Å². The molecule has 0 fully saturated rings. The molecule has 1 N–H and O–H groups in total. The van der Waals surface area contributed by atoms with Crippen LogP contribution in [0.3, 0.4) is 0 Å². The molecule has 8 nitrogen and oxygen atoms in total. The SMILES string of the molecule is CCOC(=O)C(CCC(=O)O)CC(=O)CSc1ncc(Br)n1-c1ccc(C#N)c2ccccc12. The second kappa shape index (κ2) is 11.8. The lowest BCUT2D eigenvalue weighted by Gasteiger charge is -2.15. The Morgan fingerprint density at radius 2 is 1.97 bits per heavy atom. The number of carbonyl (C=O) groups is 3. The van der Waals surface area contributed by atoms with Crippen molar-refractivity contribution in [1.29, 1.82) is 5.26 Å². The summed E-state index contributed by atoms with van der Waals surface area (Å²) in [4.78, 5) is 40.2. The van der Waals surface area contributed by atoms with E-state index in [0.29, 0.717) is 15.3 Å². The molecule has 0 radical (unpaired) electrons. The monoisotopic (exact) mass is 543 g/mol. The zero-order valence-corrected chi connectivity index (χ0v) is 20.8. The van der Waals surface area contributed by atoms with Crippen molar-refractivity contribution in [3.05, 3.63) is 52.8 Å². The van der Waals surface area contributed by atoms with Crippen LogP contribution in [0, 0.1) is 17.2 Å². The van der Waals surface area contributed by atoms with Gasteiger partial charge in [-0.1, -0.05) is 36.0 Å². The molecular formula is C24H22BrN3O5S. The Balaban J connectivity index is 1.80. The van der Waals surface area contributed by atoms with Crippen LogP contribution in [0.5, 0.6) is 0 Å². The number of ketones is 1. The predicted octanol–water partition coefficient (Wildman–Crippen LogP) is 4.76. The van der Waals surface area contributed by atoms with Gasteiger partial charge in [0, 0.05) is 23.6 Å². The molecular weight excluding hydrogens is 522 g/mol. The Morgan fingerprint density at radius 1 is 1.24 bits per heavy atom. The highest BCUT2D eigenvalue weighted by Crippen LogP contribution is 2.32. The number of imidazole rings is 1. The number of hydrogen-bond acceptors (Lipinski definition) is 7. The quantitative estimate of drug-likeness (QED) is 0.271. The van der Waals surface area contributed by atoms with E-state index in [0.717, 1.165) is 16.5 Å².